The summed E-state index contributed by atoms with van der Waals surface area (Å²) in [4.78, 5) is 0. The lowest BCUT2D eigenvalue weighted by atomic mass is 9.79. The van der Waals surface area contributed by atoms with E-state index in [2.05, 4.69) is 0 Å². The van der Waals surface area contributed by atoms with E-state index in [9.17, 15) is 4.39 Å². The van der Waals surface area contributed by atoms with Crippen LogP contribution in [0.2, 0.25) is 0 Å². The van der Waals surface area contributed by atoms with Crippen LogP contribution >= 0.6 is 0 Å². The average Bonchev–Trinajstić information content (AvgIpc) is 2.53. The van der Waals surface area contributed by atoms with Crippen LogP contribution in [0, 0.1) is 5.82 Å². The van der Waals surface area contributed by atoms with Gasteiger partial charge >= 0.3 is 7.12 Å². The molecule has 0 radical (unpaired) electrons. The number of rotatable bonds is 1. The molecule has 1 aliphatic heterocycles. The van der Waals surface area contributed by atoms with Crippen LogP contribution in [0.15, 0.2) is 24.2 Å². The molecule has 1 fully saturated rings. The molecule has 1 aliphatic rings. The predicted molar refractivity (Wildman–Crippen MR) is 62.1 cm³/mol. The molecule has 0 spiro atoms. The van der Waals surface area contributed by atoms with Crippen LogP contribution in [-0.2, 0) is 9.31 Å². The van der Waals surface area contributed by atoms with E-state index in [1.165, 1.54) is 0 Å². The number of hydrogen-bond acceptors (Lipinski definition) is 2. The van der Waals surface area contributed by atoms with E-state index in [-0.39, 0.29) is 5.46 Å². The van der Waals surface area contributed by atoms with Crippen molar-refractivity contribution in [3.8, 4) is 0 Å². The first-order valence-corrected chi connectivity index (χ1v) is 5.11. The summed E-state index contributed by atoms with van der Waals surface area (Å²) in [6.07, 6.45) is 0. The van der Waals surface area contributed by atoms with Gasteiger partial charge in [0.2, 0.25) is 0 Å². The number of hydrogen-bond donors (Lipinski definition) is 0. The molecular formula is C12H16BFO2. The van der Waals surface area contributed by atoms with Crippen molar-refractivity contribution in [2.75, 3.05) is 0 Å². The van der Waals surface area contributed by atoms with Crippen molar-refractivity contribution in [2.24, 2.45) is 0 Å². The Morgan fingerprint density at radius 1 is 1.12 bits per heavy atom. The molecule has 1 heterocycles. The van der Waals surface area contributed by atoms with E-state index in [4.69, 9.17) is 14.8 Å². The topological polar surface area (TPSA) is 18.5 Å². The fourth-order valence-corrected chi connectivity index (χ4v) is 1.43. The van der Waals surface area contributed by atoms with Crippen molar-refractivity contribution in [3.05, 3.63) is 30.0 Å². The van der Waals surface area contributed by atoms with E-state index < -0.39 is 48.3 Å². The highest BCUT2D eigenvalue weighted by molar-refractivity contribution is 6.62. The summed E-state index contributed by atoms with van der Waals surface area (Å²) in [5.41, 5.74) is -1.70. The summed E-state index contributed by atoms with van der Waals surface area (Å²) in [5, 5.41) is 0. The molecule has 2 rings (SSSR count). The van der Waals surface area contributed by atoms with E-state index in [0.717, 1.165) is 0 Å². The van der Waals surface area contributed by atoms with Gasteiger partial charge in [-0.3, -0.25) is 0 Å². The van der Waals surface area contributed by atoms with Crippen LogP contribution in [0.4, 0.5) is 4.39 Å². The molecule has 0 aromatic heterocycles. The van der Waals surface area contributed by atoms with Gasteiger partial charge in [0, 0.05) is 5.46 Å². The molecule has 0 atom stereocenters. The van der Waals surface area contributed by atoms with E-state index in [0.29, 0.717) is 0 Å². The van der Waals surface area contributed by atoms with Crippen LogP contribution < -0.4 is 5.46 Å². The summed E-state index contributed by atoms with van der Waals surface area (Å²) < 4.78 is 55.8. The average molecular weight is 226 g/mol. The summed E-state index contributed by atoms with van der Waals surface area (Å²) in [7, 11) is -1.15. The molecule has 1 aromatic carbocycles. The van der Waals surface area contributed by atoms with Gasteiger partial charge in [-0.1, -0.05) is 18.1 Å². The third-order valence-electron chi connectivity index (χ3n) is 3.16. The molecule has 0 amide bonds. The fourth-order valence-electron chi connectivity index (χ4n) is 1.43. The second-order valence-corrected chi connectivity index (χ2v) is 4.82. The Kier molecular flexibility index (Phi) is 1.66. The molecule has 0 saturated carbocycles. The fraction of sp³-hybridized carbons (Fsp3) is 0.500. The van der Waals surface area contributed by atoms with Crippen molar-refractivity contribution in [1.82, 2.24) is 0 Å². The van der Waals surface area contributed by atoms with Gasteiger partial charge in [-0.25, -0.2) is 4.39 Å². The summed E-state index contributed by atoms with van der Waals surface area (Å²) in [6, 6.07) is -2.29. The third-order valence-corrected chi connectivity index (χ3v) is 3.16. The molecule has 1 saturated heterocycles. The standard InChI is InChI=1S/C12H16BFO2/c1-11(2)12(3,4)16-13(15-11)9-7-5-6-8-10(9)14/h5-8H,1-4H3/i5D,6D,7D,8D. The number of benzene rings is 1. The minimum Gasteiger partial charge on any atom is -0.399 e. The van der Waals surface area contributed by atoms with Crippen LogP contribution in [0.1, 0.15) is 33.2 Å². The smallest absolute Gasteiger partial charge is 0.399 e. The first-order valence-electron chi connectivity index (χ1n) is 7.11. The Labute approximate surface area is 102 Å². The summed E-state index contributed by atoms with van der Waals surface area (Å²) in [6.45, 7) is 7.15. The first kappa shape index (κ1) is 7.46. The molecule has 0 aliphatic carbocycles. The predicted octanol–water partition coefficient (Wildman–Crippen LogP) is 2.12. The maximum absolute atomic E-state index is 14.2. The quantitative estimate of drug-likeness (QED) is 0.683. The molecule has 2 nitrogen and oxygen atoms in total. The van der Waals surface area contributed by atoms with Crippen molar-refractivity contribution in [3.63, 3.8) is 0 Å². The molecule has 0 bridgehead atoms. The normalized spacial score (nSPS) is 25.9. The number of halogens is 1. The van der Waals surface area contributed by atoms with Crippen LogP contribution in [0.3, 0.4) is 0 Å². The lowest BCUT2D eigenvalue weighted by Gasteiger charge is -2.32. The van der Waals surface area contributed by atoms with Crippen molar-refractivity contribution in [1.29, 1.82) is 0 Å². The van der Waals surface area contributed by atoms with Gasteiger partial charge in [-0.2, -0.15) is 0 Å². The molecule has 1 aromatic rings. The third kappa shape index (κ3) is 1.76. The van der Waals surface area contributed by atoms with Gasteiger partial charge in [-0.05, 0) is 33.7 Å². The zero-order valence-corrected chi connectivity index (χ0v) is 9.77. The minimum atomic E-state index is -1.15. The van der Waals surface area contributed by atoms with Gasteiger partial charge in [0.15, 0.2) is 0 Å². The van der Waals surface area contributed by atoms with E-state index >= 15 is 0 Å². The summed E-state index contributed by atoms with van der Waals surface area (Å²) >= 11 is 0. The Balaban J connectivity index is 2.57. The Morgan fingerprint density at radius 3 is 2.19 bits per heavy atom. The highest BCUT2D eigenvalue weighted by atomic mass is 19.1. The Morgan fingerprint density at radius 2 is 1.62 bits per heavy atom. The van der Waals surface area contributed by atoms with Crippen molar-refractivity contribution in [2.45, 2.75) is 38.9 Å². The monoisotopic (exact) mass is 226 g/mol. The van der Waals surface area contributed by atoms with Crippen LogP contribution in [0.25, 0.3) is 0 Å². The highest BCUT2D eigenvalue weighted by Crippen LogP contribution is 2.36. The van der Waals surface area contributed by atoms with Crippen molar-refractivity contribution >= 4 is 12.6 Å². The van der Waals surface area contributed by atoms with Gasteiger partial charge in [0.05, 0.1) is 16.7 Å². The molecule has 0 unspecified atom stereocenters. The minimum absolute atomic E-state index is 0.283. The largest absolute Gasteiger partial charge is 0.497 e. The maximum atomic E-state index is 14.2. The lowest BCUT2D eigenvalue weighted by molar-refractivity contribution is 0.00578. The maximum Gasteiger partial charge on any atom is 0.497 e. The molecule has 0 N–H and O–H groups in total. The van der Waals surface area contributed by atoms with Crippen molar-refractivity contribution < 1.29 is 19.2 Å². The second kappa shape index (κ2) is 3.57. The Hall–Kier alpha value is -0.865. The van der Waals surface area contributed by atoms with Gasteiger partial charge in [0.1, 0.15) is 5.82 Å². The van der Waals surface area contributed by atoms with Gasteiger partial charge < -0.3 is 9.31 Å². The van der Waals surface area contributed by atoms with Gasteiger partial charge in [-0.15, -0.1) is 0 Å². The Bertz CT molecular complexity index is 532. The van der Waals surface area contributed by atoms with Crippen LogP contribution in [-0.4, -0.2) is 18.3 Å². The zero-order chi connectivity index (χ0) is 15.5. The molecular weight excluding hydrogens is 206 g/mol. The molecule has 4 heteroatoms. The highest BCUT2D eigenvalue weighted by Gasteiger charge is 2.52. The van der Waals surface area contributed by atoms with E-state index in [1.54, 1.807) is 27.7 Å². The summed E-state index contributed by atoms with van der Waals surface area (Å²) in [5.74, 6) is -1.03. The lowest BCUT2D eigenvalue weighted by Crippen LogP contribution is -2.41. The molecule has 16 heavy (non-hydrogen) atoms. The first-order chi connectivity index (χ1) is 8.99. The zero-order valence-electron chi connectivity index (χ0n) is 13.8. The SMILES string of the molecule is [2H]c1c([2H])c([2H])c(B2OC(C)(C)C(C)(C)O2)c(F)c1[2H]. The second-order valence-electron chi connectivity index (χ2n) is 4.82. The van der Waals surface area contributed by atoms with E-state index in [1.807, 2.05) is 0 Å². The van der Waals surface area contributed by atoms with Crippen LogP contribution in [0.5, 0.6) is 0 Å². The molecule has 86 valence electrons. The van der Waals surface area contributed by atoms with Gasteiger partial charge in [0.25, 0.3) is 0 Å².